The van der Waals surface area contributed by atoms with Crippen molar-refractivity contribution < 1.29 is 9.53 Å². The first kappa shape index (κ1) is 17.0. The van der Waals surface area contributed by atoms with Crippen LogP contribution < -0.4 is 4.74 Å². The van der Waals surface area contributed by atoms with Gasteiger partial charge in [-0.1, -0.05) is 48.5 Å². The van der Waals surface area contributed by atoms with Gasteiger partial charge < -0.3 is 4.74 Å². The Morgan fingerprint density at radius 1 is 0.852 bits per heavy atom. The first-order valence-corrected chi connectivity index (χ1v) is 9.12. The molecule has 0 aliphatic carbocycles. The van der Waals surface area contributed by atoms with Crippen LogP contribution in [0.3, 0.4) is 0 Å². The fourth-order valence-electron chi connectivity index (χ4n) is 3.37. The molecule has 0 spiro atoms. The first-order chi connectivity index (χ1) is 13.3. The molecule has 0 heterocycles. The van der Waals surface area contributed by atoms with E-state index in [-0.39, 0.29) is 5.78 Å². The van der Waals surface area contributed by atoms with Crippen LogP contribution in [-0.4, -0.2) is 12.4 Å². The van der Waals surface area contributed by atoms with Gasteiger partial charge in [0.2, 0.25) is 0 Å². The van der Waals surface area contributed by atoms with Gasteiger partial charge in [-0.2, -0.15) is 0 Å². The van der Waals surface area contributed by atoms with E-state index in [1.807, 2.05) is 49.4 Å². The smallest absolute Gasteiger partial charge is 0.185 e. The Labute approximate surface area is 158 Å². The highest BCUT2D eigenvalue weighted by atomic mass is 16.5. The standard InChI is InChI=1S/C25H20O2/c1-2-27-21-13-11-18(12-14-21)25(26)16-15-24-22-9-5-3-7-19(22)17-20-8-4-6-10-23(20)24/h3-17H,2H2,1H3. The number of hydrogen-bond donors (Lipinski definition) is 0. The predicted molar refractivity (Wildman–Crippen MR) is 112 cm³/mol. The summed E-state index contributed by atoms with van der Waals surface area (Å²) in [7, 11) is 0. The zero-order valence-electron chi connectivity index (χ0n) is 15.2. The summed E-state index contributed by atoms with van der Waals surface area (Å²) in [4.78, 5) is 12.6. The Hall–Kier alpha value is -3.39. The number of allylic oxidation sites excluding steroid dienone is 1. The van der Waals surface area contributed by atoms with Crippen molar-refractivity contribution in [1.82, 2.24) is 0 Å². The van der Waals surface area contributed by atoms with Crippen molar-refractivity contribution in [3.63, 3.8) is 0 Å². The van der Waals surface area contributed by atoms with Gasteiger partial charge in [-0.05, 0) is 76.5 Å². The van der Waals surface area contributed by atoms with Gasteiger partial charge >= 0.3 is 0 Å². The molecular weight excluding hydrogens is 332 g/mol. The van der Waals surface area contributed by atoms with E-state index < -0.39 is 0 Å². The summed E-state index contributed by atoms with van der Waals surface area (Å²) in [6.07, 6.45) is 3.59. The van der Waals surface area contributed by atoms with Gasteiger partial charge in [-0.25, -0.2) is 0 Å². The van der Waals surface area contributed by atoms with Crippen molar-refractivity contribution in [3.8, 4) is 5.75 Å². The Balaban J connectivity index is 1.74. The molecule has 0 atom stereocenters. The monoisotopic (exact) mass is 352 g/mol. The molecule has 0 aliphatic rings. The van der Waals surface area contributed by atoms with Crippen LogP contribution >= 0.6 is 0 Å². The molecule has 4 aromatic carbocycles. The normalized spacial score (nSPS) is 11.3. The number of rotatable bonds is 5. The lowest BCUT2D eigenvalue weighted by atomic mass is 9.96. The van der Waals surface area contributed by atoms with Crippen LogP contribution in [0.25, 0.3) is 27.6 Å². The predicted octanol–water partition coefficient (Wildman–Crippen LogP) is 6.29. The second-order valence-electron chi connectivity index (χ2n) is 6.39. The highest BCUT2D eigenvalue weighted by Gasteiger charge is 2.07. The molecule has 2 nitrogen and oxygen atoms in total. The van der Waals surface area contributed by atoms with Gasteiger partial charge in [0.1, 0.15) is 5.75 Å². The van der Waals surface area contributed by atoms with E-state index in [0.717, 1.165) is 22.1 Å². The van der Waals surface area contributed by atoms with Gasteiger partial charge in [0.15, 0.2) is 5.78 Å². The van der Waals surface area contributed by atoms with Gasteiger partial charge in [0.05, 0.1) is 6.61 Å². The van der Waals surface area contributed by atoms with Gasteiger partial charge in [0, 0.05) is 5.56 Å². The Kier molecular flexibility index (Phi) is 4.71. The van der Waals surface area contributed by atoms with Crippen LogP contribution in [0.15, 0.2) is 84.9 Å². The summed E-state index contributed by atoms with van der Waals surface area (Å²) >= 11 is 0. The summed E-state index contributed by atoms with van der Waals surface area (Å²) in [6, 6.07) is 26.0. The fourth-order valence-corrected chi connectivity index (χ4v) is 3.37. The maximum atomic E-state index is 12.6. The molecule has 0 saturated heterocycles. The second kappa shape index (κ2) is 7.46. The molecule has 27 heavy (non-hydrogen) atoms. The molecule has 4 aromatic rings. The van der Waals surface area contributed by atoms with Gasteiger partial charge in [0.25, 0.3) is 0 Å². The summed E-state index contributed by atoms with van der Waals surface area (Å²) in [6.45, 7) is 2.55. The third kappa shape index (κ3) is 3.47. The number of benzene rings is 4. The quantitative estimate of drug-likeness (QED) is 0.240. The van der Waals surface area contributed by atoms with Crippen LogP contribution in [0.2, 0.25) is 0 Å². The number of fused-ring (bicyclic) bond motifs is 2. The molecule has 0 aliphatic heterocycles. The molecule has 0 saturated carbocycles. The summed E-state index contributed by atoms with van der Waals surface area (Å²) < 4.78 is 5.44. The molecule has 0 N–H and O–H groups in total. The molecule has 0 radical (unpaired) electrons. The van der Waals surface area contributed by atoms with Crippen LogP contribution in [-0.2, 0) is 0 Å². The van der Waals surface area contributed by atoms with E-state index in [0.29, 0.717) is 12.2 Å². The number of ketones is 1. The maximum Gasteiger partial charge on any atom is 0.185 e. The topological polar surface area (TPSA) is 26.3 Å². The lowest BCUT2D eigenvalue weighted by Crippen LogP contribution is -1.96. The third-order valence-corrected chi connectivity index (χ3v) is 4.66. The Morgan fingerprint density at radius 3 is 2.04 bits per heavy atom. The largest absolute Gasteiger partial charge is 0.494 e. The molecule has 2 heteroatoms. The summed E-state index contributed by atoms with van der Waals surface area (Å²) in [5.74, 6) is 0.758. The number of carbonyl (C=O) groups excluding carboxylic acids is 1. The van der Waals surface area contributed by atoms with Crippen molar-refractivity contribution in [1.29, 1.82) is 0 Å². The maximum absolute atomic E-state index is 12.6. The van der Waals surface area contributed by atoms with Crippen molar-refractivity contribution in [2.75, 3.05) is 6.61 Å². The molecule has 0 bridgehead atoms. The third-order valence-electron chi connectivity index (χ3n) is 4.66. The Morgan fingerprint density at radius 2 is 1.44 bits per heavy atom. The first-order valence-electron chi connectivity index (χ1n) is 9.12. The van der Waals surface area contributed by atoms with Crippen molar-refractivity contribution >= 4 is 33.4 Å². The van der Waals surface area contributed by atoms with E-state index in [4.69, 9.17) is 4.74 Å². The van der Waals surface area contributed by atoms with E-state index in [1.54, 1.807) is 18.2 Å². The summed E-state index contributed by atoms with van der Waals surface area (Å²) in [5, 5.41) is 4.63. The fraction of sp³-hybridized carbons (Fsp3) is 0.0800. The van der Waals surface area contributed by atoms with Gasteiger partial charge in [-0.3, -0.25) is 4.79 Å². The van der Waals surface area contributed by atoms with Crippen molar-refractivity contribution in [2.45, 2.75) is 6.92 Å². The summed E-state index contributed by atoms with van der Waals surface area (Å²) in [5.41, 5.74) is 1.72. The second-order valence-corrected chi connectivity index (χ2v) is 6.39. The van der Waals surface area contributed by atoms with Crippen LogP contribution in [0.5, 0.6) is 5.75 Å². The molecule has 0 fully saturated rings. The molecule has 132 valence electrons. The van der Waals surface area contributed by atoms with Crippen molar-refractivity contribution in [2.24, 2.45) is 0 Å². The van der Waals surface area contributed by atoms with Crippen LogP contribution in [0, 0.1) is 0 Å². The number of carbonyl (C=O) groups is 1. The van der Waals surface area contributed by atoms with Crippen LogP contribution in [0.4, 0.5) is 0 Å². The van der Waals surface area contributed by atoms with E-state index in [9.17, 15) is 4.79 Å². The molecule has 0 amide bonds. The highest BCUT2D eigenvalue weighted by Crippen LogP contribution is 2.29. The molecular formula is C25H20O2. The van der Waals surface area contributed by atoms with Crippen molar-refractivity contribution in [3.05, 3.63) is 96.1 Å². The van der Waals surface area contributed by atoms with E-state index in [1.165, 1.54) is 10.8 Å². The zero-order chi connectivity index (χ0) is 18.6. The average Bonchev–Trinajstić information content (AvgIpc) is 2.71. The minimum atomic E-state index is -0.0185. The molecule has 0 unspecified atom stereocenters. The minimum Gasteiger partial charge on any atom is -0.494 e. The number of ether oxygens (including phenoxy) is 1. The average molecular weight is 352 g/mol. The Bertz CT molecular complexity index is 1080. The number of hydrogen-bond acceptors (Lipinski definition) is 2. The molecule has 4 rings (SSSR count). The van der Waals surface area contributed by atoms with Gasteiger partial charge in [-0.15, -0.1) is 0 Å². The van der Waals surface area contributed by atoms with E-state index in [2.05, 4.69) is 30.3 Å². The minimum absolute atomic E-state index is 0.0185. The lowest BCUT2D eigenvalue weighted by molar-refractivity contribution is 0.104. The highest BCUT2D eigenvalue weighted by molar-refractivity contribution is 6.11. The molecule has 0 aromatic heterocycles. The van der Waals surface area contributed by atoms with E-state index >= 15 is 0 Å². The van der Waals surface area contributed by atoms with Crippen LogP contribution in [0.1, 0.15) is 22.8 Å². The lowest BCUT2D eigenvalue weighted by Gasteiger charge is -2.08. The SMILES string of the molecule is CCOc1ccc(C(=O)C=Cc2c3ccccc3cc3ccccc23)cc1. The zero-order valence-corrected chi connectivity index (χ0v) is 15.2.